The number of nitro groups is 1. The average Bonchev–Trinajstić information content (AvgIpc) is 3.08. The maximum absolute atomic E-state index is 13.2. The first-order valence-corrected chi connectivity index (χ1v) is 9.86. The van der Waals surface area contributed by atoms with E-state index in [0.29, 0.717) is 17.5 Å². The van der Waals surface area contributed by atoms with Gasteiger partial charge >= 0.3 is 12.1 Å². The molecule has 30 heavy (non-hydrogen) atoms. The number of nitrogens with zero attached hydrogens (tertiary/aromatic N) is 1. The molecular weight excluding hydrogens is 425 g/mol. The van der Waals surface area contributed by atoms with Crippen molar-refractivity contribution < 1.29 is 32.4 Å². The molecule has 1 amide bonds. The molecule has 1 heterocycles. The van der Waals surface area contributed by atoms with Crippen molar-refractivity contribution in [3.05, 3.63) is 55.3 Å². The number of benzene rings is 1. The predicted octanol–water partition coefficient (Wildman–Crippen LogP) is 4.60. The number of hydrogen-bond donors (Lipinski definition) is 1. The number of halogens is 3. The van der Waals surface area contributed by atoms with Crippen molar-refractivity contribution in [3.8, 4) is 0 Å². The van der Waals surface area contributed by atoms with Crippen LogP contribution in [0.3, 0.4) is 0 Å². The molecule has 1 unspecified atom stereocenters. The number of thiophene rings is 1. The van der Waals surface area contributed by atoms with Crippen molar-refractivity contribution in [2.45, 2.75) is 32.4 Å². The number of alkyl halides is 3. The molecule has 0 aliphatic heterocycles. The zero-order valence-corrected chi connectivity index (χ0v) is 16.6. The van der Waals surface area contributed by atoms with Crippen LogP contribution in [0, 0.1) is 16.0 Å². The Hall–Kier alpha value is -2.95. The maximum atomic E-state index is 13.2. The minimum atomic E-state index is -4.92. The minimum absolute atomic E-state index is 0.334. The van der Waals surface area contributed by atoms with Gasteiger partial charge in [0.05, 0.1) is 21.7 Å². The second kappa shape index (κ2) is 8.42. The first-order chi connectivity index (χ1) is 14.1. The number of nitrogens with one attached hydrogen (secondary N) is 1. The number of amides is 1. The van der Waals surface area contributed by atoms with Gasteiger partial charge in [-0.15, -0.1) is 11.3 Å². The molecular formula is C19H17F3N2O5S. The summed E-state index contributed by atoms with van der Waals surface area (Å²) in [5.41, 5.74) is -1.50. The summed E-state index contributed by atoms with van der Waals surface area (Å²) in [5, 5.41) is 14.4. The molecule has 1 aromatic carbocycles. The van der Waals surface area contributed by atoms with Crippen LogP contribution in [0.25, 0.3) is 0 Å². The Morgan fingerprint density at radius 2 is 2.10 bits per heavy atom. The Labute approximate surface area is 173 Å². The quantitative estimate of drug-likeness (QED) is 0.415. The van der Waals surface area contributed by atoms with Gasteiger partial charge in [0.1, 0.15) is 0 Å². The number of anilines is 1. The lowest BCUT2D eigenvalue weighted by atomic mass is 9.88. The molecule has 1 aromatic heterocycles. The van der Waals surface area contributed by atoms with Gasteiger partial charge in [0.25, 0.3) is 11.6 Å². The Bertz CT molecular complexity index is 1000. The van der Waals surface area contributed by atoms with Gasteiger partial charge in [-0.2, -0.15) is 13.2 Å². The average molecular weight is 442 g/mol. The van der Waals surface area contributed by atoms with Gasteiger partial charge in [-0.3, -0.25) is 14.9 Å². The largest absolute Gasteiger partial charge is 0.452 e. The highest BCUT2D eigenvalue weighted by atomic mass is 32.1. The van der Waals surface area contributed by atoms with Crippen LogP contribution >= 0.6 is 11.3 Å². The maximum Gasteiger partial charge on any atom is 0.418 e. The summed E-state index contributed by atoms with van der Waals surface area (Å²) in [7, 11) is 0. The molecule has 0 radical (unpaired) electrons. The van der Waals surface area contributed by atoms with E-state index in [0.717, 1.165) is 41.8 Å². The van der Waals surface area contributed by atoms with E-state index in [1.54, 1.807) is 5.38 Å². The Morgan fingerprint density at radius 3 is 2.77 bits per heavy atom. The fraction of sp³-hybridized carbons (Fsp3) is 0.368. The third-order valence-electron chi connectivity index (χ3n) is 4.75. The second-order valence-corrected chi connectivity index (χ2v) is 7.97. The lowest BCUT2D eigenvalue weighted by Gasteiger charge is -2.18. The summed E-state index contributed by atoms with van der Waals surface area (Å²) in [6, 6.07) is 1.97. The molecule has 1 aliphatic rings. The molecule has 0 bridgehead atoms. The van der Waals surface area contributed by atoms with E-state index in [4.69, 9.17) is 4.74 Å². The van der Waals surface area contributed by atoms with E-state index in [9.17, 15) is 32.9 Å². The fourth-order valence-corrected chi connectivity index (χ4v) is 4.47. The van der Waals surface area contributed by atoms with Gasteiger partial charge < -0.3 is 10.1 Å². The Kier molecular flexibility index (Phi) is 6.11. The summed E-state index contributed by atoms with van der Waals surface area (Å²) in [6.07, 6.45) is -2.38. The molecule has 0 fully saturated rings. The highest BCUT2D eigenvalue weighted by Crippen LogP contribution is 2.37. The van der Waals surface area contributed by atoms with Crippen molar-refractivity contribution in [3.63, 3.8) is 0 Å². The first-order valence-electron chi connectivity index (χ1n) is 8.98. The molecule has 11 heteroatoms. The van der Waals surface area contributed by atoms with Gasteiger partial charge in [0.15, 0.2) is 6.61 Å². The molecule has 0 spiro atoms. The van der Waals surface area contributed by atoms with E-state index in [2.05, 4.69) is 6.92 Å². The number of hydrogen-bond acceptors (Lipinski definition) is 6. The normalized spacial score (nSPS) is 15.9. The first kappa shape index (κ1) is 21.8. The van der Waals surface area contributed by atoms with E-state index in [1.165, 1.54) is 11.3 Å². The van der Waals surface area contributed by atoms with Crippen LogP contribution in [0.1, 0.15) is 39.7 Å². The van der Waals surface area contributed by atoms with Crippen LogP contribution in [0.15, 0.2) is 23.6 Å². The van der Waals surface area contributed by atoms with Gasteiger partial charge in [0, 0.05) is 22.4 Å². The number of nitro benzene ring substituents is 1. The standard InChI is InChI=1S/C19H17F3N2O5S/c1-10-2-4-12-13(9-30-16(12)6-10)18(26)29-8-17(25)23-15-5-3-11(24(27)28)7-14(15)19(20,21)22/h3,5,7,9-10H,2,4,6,8H2,1H3,(H,23,25). The summed E-state index contributed by atoms with van der Waals surface area (Å²) in [6.45, 7) is 1.34. The third kappa shape index (κ3) is 4.78. The third-order valence-corrected chi connectivity index (χ3v) is 5.80. The van der Waals surface area contributed by atoms with Crippen molar-refractivity contribution in [1.29, 1.82) is 0 Å². The van der Waals surface area contributed by atoms with E-state index < -0.39 is 46.5 Å². The van der Waals surface area contributed by atoms with E-state index in [1.807, 2.05) is 5.32 Å². The summed E-state index contributed by atoms with van der Waals surface area (Å²) >= 11 is 1.45. The Balaban J connectivity index is 1.67. The number of esters is 1. The zero-order valence-electron chi connectivity index (χ0n) is 15.7. The van der Waals surface area contributed by atoms with Crippen molar-refractivity contribution in [1.82, 2.24) is 0 Å². The number of ether oxygens (including phenoxy) is 1. The molecule has 0 saturated heterocycles. The topological polar surface area (TPSA) is 98.5 Å². The number of non-ortho nitro benzene ring substituents is 1. The SMILES string of the molecule is CC1CCc2c(C(=O)OCC(=O)Nc3ccc([N+](=O)[O-])cc3C(F)(F)F)csc2C1. The Morgan fingerprint density at radius 1 is 1.37 bits per heavy atom. The molecule has 1 aliphatic carbocycles. The van der Waals surface area contributed by atoms with E-state index in [-0.39, 0.29) is 0 Å². The number of carbonyl (C=O) groups is 2. The molecule has 2 aromatic rings. The number of rotatable bonds is 5. The number of carbonyl (C=O) groups excluding carboxylic acids is 2. The van der Waals surface area contributed by atoms with Gasteiger partial charge in [-0.1, -0.05) is 6.92 Å². The van der Waals surface area contributed by atoms with Crippen LogP contribution in [-0.4, -0.2) is 23.4 Å². The van der Waals surface area contributed by atoms with Crippen molar-refractivity contribution in [2.24, 2.45) is 5.92 Å². The molecule has 0 saturated carbocycles. The highest BCUT2D eigenvalue weighted by Gasteiger charge is 2.35. The van der Waals surface area contributed by atoms with Crippen molar-refractivity contribution >= 4 is 34.6 Å². The van der Waals surface area contributed by atoms with Crippen molar-refractivity contribution in [2.75, 3.05) is 11.9 Å². The van der Waals surface area contributed by atoms with Gasteiger partial charge in [-0.25, -0.2) is 4.79 Å². The molecule has 1 N–H and O–H groups in total. The summed E-state index contributed by atoms with van der Waals surface area (Å²) in [5.74, 6) is -1.17. The van der Waals surface area contributed by atoms with Crippen LogP contribution in [0.4, 0.5) is 24.5 Å². The van der Waals surface area contributed by atoms with Gasteiger partial charge in [-0.05, 0) is 36.8 Å². The lowest BCUT2D eigenvalue weighted by molar-refractivity contribution is -0.385. The predicted molar refractivity (Wildman–Crippen MR) is 103 cm³/mol. The summed E-state index contributed by atoms with van der Waals surface area (Å²) < 4.78 is 44.5. The van der Waals surface area contributed by atoms with Gasteiger partial charge in [0.2, 0.25) is 0 Å². The zero-order chi connectivity index (χ0) is 22.1. The number of fused-ring (bicyclic) bond motifs is 1. The van der Waals surface area contributed by atoms with E-state index >= 15 is 0 Å². The molecule has 160 valence electrons. The van der Waals surface area contributed by atoms with Crippen LogP contribution in [0.5, 0.6) is 0 Å². The smallest absolute Gasteiger partial charge is 0.418 e. The monoisotopic (exact) mass is 442 g/mol. The summed E-state index contributed by atoms with van der Waals surface area (Å²) in [4.78, 5) is 35.2. The lowest BCUT2D eigenvalue weighted by Crippen LogP contribution is -2.23. The van der Waals surface area contributed by atoms with Crippen LogP contribution in [0.2, 0.25) is 0 Å². The fourth-order valence-electron chi connectivity index (χ4n) is 3.23. The van der Waals surface area contributed by atoms with Crippen LogP contribution in [-0.2, 0) is 28.5 Å². The molecule has 3 rings (SSSR count). The molecule has 1 atom stereocenters. The molecule has 7 nitrogen and oxygen atoms in total. The van der Waals surface area contributed by atoms with Crippen LogP contribution < -0.4 is 5.32 Å². The highest BCUT2D eigenvalue weighted by molar-refractivity contribution is 7.10. The second-order valence-electron chi connectivity index (χ2n) is 7.01. The minimum Gasteiger partial charge on any atom is -0.452 e.